The second-order valence-corrected chi connectivity index (χ2v) is 2.34. The number of carbonyl (C=O) groups excluding carboxylic acids is 2. The lowest BCUT2D eigenvalue weighted by atomic mass is 10.6. The molecule has 14 heavy (non-hydrogen) atoms. The molecule has 0 spiro atoms. The molecule has 0 bridgehead atoms. The van der Waals surface area contributed by atoms with Crippen molar-refractivity contribution < 1.29 is 14.3 Å². The Morgan fingerprint density at radius 2 is 2.21 bits per heavy atom. The average Bonchev–Trinajstić information content (AvgIpc) is 2.15. The summed E-state index contributed by atoms with van der Waals surface area (Å²) in [4.78, 5) is 30.9. The summed E-state index contributed by atoms with van der Waals surface area (Å²) in [5.41, 5.74) is 4.77. The Labute approximate surface area is 80.3 Å². The normalized spacial score (nSPS) is 9.21. The lowest BCUT2D eigenvalue weighted by Crippen LogP contribution is -2.33. The summed E-state index contributed by atoms with van der Waals surface area (Å²) in [7, 11) is 1.22. The maximum absolute atomic E-state index is 10.9. The van der Waals surface area contributed by atoms with E-state index in [0.717, 1.165) is 0 Å². The average molecular weight is 204 g/mol. The van der Waals surface area contributed by atoms with Gasteiger partial charge in [-0.25, -0.2) is 4.79 Å². The molecular weight excluding hydrogens is 192 g/mol. The van der Waals surface area contributed by atoms with E-state index in [1.165, 1.54) is 7.05 Å². The predicted octanol–water partition coefficient (Wildman–Crippen LogP) is -1.19. The number of nitrogens with zero attached hydrogens (tertiary/aromatic N) is 2. The summed E-state index contributed by atoms with van der Waals surface area (Å²) < 4.78 is 4.81. The number of rotatable bonds is 6. The van der Waals surface area contributed by atoms with Crippen molar-refractivity contribution in [3.8, 4) is 0 Å². The van der Waals surface area contributed by atoms with E-state index < -0.39 is 11.9 Å². The van der Waals surface area contributed by atoms with Gasteiger partial charge in [0.25, 0.3) is 5.91 Å². The van der Waals surface area contributed by atoms with E-state index in [0.29, 0.717) is 5.01 Å². The standard InChI is InChI=1S/C6H12N4O4/c1-10(9-13)5(11)4-14-3-2-8-6(7)12/h2-4H2,1H3,(H3,7,8,12). The molecule has 8 heteroatoms. The third-order valence-electron chi connectivity index (χ3n) is 1.25. The first-order chi connectivity index (χ1) is 6.57. The van der Waals surface area contributed by atoms with E-state index in [4.69, 9.17) is 10.5 Å². The number of ether oxygens (including phenoxy) is 1. The first-order valence-corrected chi connectivity index (χ1v) is 3.78. The number of amides is 3. The number of hydrogen-bond acceptors (Lipinski definition) is 5. The zero-order valence-corrected chi connectivity index (χ0v) is 7.73. The molecule has 0 aliphatic heterocycles. The number of likely N-dealkylation sites (N-methyl/N-ethyl adjacent to an activating group) is 1. The van der Waals surface area contributed by atoms with Crippen molar-refractivity contribution in [1.29, 1.82) is 0 Å². The molecule has 0 atom stereocenters. The van der Waals surface area contributed by atoms with Crippen molar-refractivity contribution in [3.63, 3.8) is 0 Å². The van der Waals surface area contributed by atoms with Crippen LogP contribution in [0, 0.1) is 4.91 Å². The quantitative estimate of drug-likeness (QED) is 0.321. The Morgan fingerprint density at radius 1 is 1.57 bits per heavy atom. The fraction of sp³-hybridized carbons (Fsp3) is 0.667. The summed E-state index contributed by atoms with van der Waals surface area (Å²) >= 11 is 0. The van der Waals surface area contributed by atoms with E-state index in [2.05, 4.69) is 10.6 Å². The molecule has 0 aliphatic carbocycles. The molecule has 0 aromatic carbocycles. The Kier molecular flexibility index (Phi) is 5.95. The highest BCUT2D eigenvalue weighted by Gasteiger charge is 2.07. The van der Waals surface area contributed by atoms with Gasteiger partial charge in [0.1, 0.15) is 6.61 Å². The van der Waals surface area contributed by atoms with Gasteiger partial charge in [-0.2, -0.15) is 5.01 Å². The molecular formula is C6H12N4O4. The van der Waals surface area contributed by atoms with Crippen molar-refractivity contribution in [2.75, 3.05) is 26.8 Å². The van der Waals surface area contributed by atoms with Crippen molar-refractivity contribution in [2.45, 2.75) is 0 Å². The SMILES string of the molecule is CN(N=O)C(=O)COCCNC(N)=O. The molecule has 8 nitrogen and oxygen atoms in total. The van der Waals surface area contributed by atoms with Crippen LogP contribution in [-0.2, 0) is 9.53 Å². The molecule has 80 valence electrons. The van der Waals surface area contributed by atoms with Crippen LogP contribution in [-0.4, -0.2) is 43.8 Å². The van der Waals surface area contributed by atoms with Crippen molar-refractivity contribution in [2.24, 2.45) is 11.0 Å². The van der Waals surface area contributed by atoms with Crippen molar-refractivity contribution in [3.05, 3.63) is 4.91 Å². The number of nitrogens with two attached hydrogens (primary N) is 1. The van der Waals surface area contributed by atoms with Crippen LogP contribution in [0.4, 0.5) is 4.79 Å². The molecule has 0 radical (unpaired) electrons. The Hall–Kier alpha value is -1.70. The van der Waals surface area contributed by atoms with Gasteiger partial charge in [0.2, 0.25) is 0 Å². The molecule has 0 fully saturated rings. The number of hydrogen-bond donors (Lipinski definition) is 2. The van der Waals surface area contributed by atoms with Crippen LogP contribution in [0.5, 0.6) is 0 Å². The molecule has 3 amide bonds. The van der Waals surface area contributed by atoms with Gasteiger partial charge in [-0.1, -0.05) is 0 Å². The highest BCUT2D eigenvalue weighted by atomic mass is 16.5. The second kappa shape index (κ2) is 6.78. The predicted molar refractivity (Wildman–Crippen MR) is 47.0 cm³/mol. The van der Waals surface area contributed by atoms with Gasteiger partial charge >= 0.3 is 6.03 Å². The second-order valence-electron chi connectivity index (χ2n) is 2.34. The van der Waals surface area contributed by atoms with E-state index in [1.807, 2.05) is 0 Å². The number of nitrogens with one attached hydrogen (secondary N) is 1. The third-order valence-corrected chi connectivity index (χ3v) is 1.25. The smallest absolute Gasteiger partial charge is 0.312 e. The molecule has 0 unspecified atom stereocenters. The van der Waals surface area contributed by atoms with Crippen LogP contribution < -0.4 is 11.1 Å². The van der Waals surface area contributed by atoms with Crippen molar-refractivity contribution >= 4 is 11.9 Å². The lowest BCUT2D eigenvalue weighted by molar-refractivity contribution is -0.134. The summed E-state index contributed by atoms with van der Waals surface area (Å²) in [5, 5.41) is 5.27. The minimum Gasteiger partial charge on any atom is -0.370 e. The molecule has 0 heterocycles. The van der Waals surface area contributed by atoms with Crippen molar-refractivity contribution in [1.82, 2.24) is 10.3 Å². The van der Waals surface area contributed by atoms with E-state index in [9.17, 15) is 14.5 Å². The minimum absolute atomic E-state index is 0.140. The first-order valence-electron chi connectivity index (χ1n) is 3.78. The van der Waals surface area contributed by atoms with Crippen LogP contribution in [0.25, 0.3) is 0 Å². The fourth-order valence-electron chi connectivity index (χ4n) is 0.545. The van der Waals surface area contributed by atoms with Crippen LogP contribution in [0.1, 0.15) is 0 Å². The third kappa shape index (κ3) is 5.89. The van der Waals surface area contributed by atoms with Gasteiger partial charge in [-0.05, 0) is 0 Å². The first kappa shape index (κ1) is 12.3. The maximum Gasteiger partial charge on any atom is 0.312 e. The Morgan fingerprint density at radius 3 is 2.71 bits per heavy atom. The van der Waals surface area contributed by atoms with Gasteiger partial charge < -0.3 is 15.8 Å². The topological polar surface area (TPSA) is 114 Å². The molecule has 0 saturated heterocycles. The Bertz CT molecular complexity index is 220. The molecule has 0 aromatic rings. The van der Waals surface area contributed by atoms with E-state index in [1.54, 1.807) is 0 Å². The van der Waals surface area contributed by atoms with Gasteiger partial charge in [-0.3, -0.25) is 4.79 Å². The largest absolute Gasteiger partial charge is 0.370 e. The van der Waals surface area contributed by atoms with Gasteiger partial charge in [0.05, 0.1) is 11.9 Å². The number of primary amides is 1. The van der Waals surface area contributed by atoms with Gasteiger partial charge in [0.15, 0.2) is 0 Å². The molecule has 3 N–H and O–H groups in total. The maximum atomic E-state index is 10.9. The number of urea groups is 1. The monoisotopic (exact) mass is 204 g/mol. The number of carbonyl (C=O) groups is 2. The molecule has 0 aliphatic rings. The van der Waals surface area contributed by atoms with Gasteiger partial charge in [-0.15, -0.1) is 4.91 Å². The zero-order chi connectivity index (χ0) is 11.0. The van der Waals surface area contributed by atoms with Crippen LogP contribution in [0.2, 0.25) is 0 Å². The van der Waals surface area contributed by atoms with E-state index in [-0.39, 0.29) is 19.8 Å². The highest BCUT2D eigenvalue weighted by molar-refractivity contribution is 5.76. The van der Waals surface area contributed by atoms with Gasteiger partial charge in [0, 0.05) is 13.6 Å². The molecule has 0 rings (SSSR count). The fourth-order valence-corrected chi connectivity index (χ4v) is 0.545. The van der Waals surface area contributed by atoms with Crippen LogP contribution in [0.3, 0.4) is 0 Å². The Balaban J connectivity index is 3.40. The summed E-state index contributed by atoms with van der Waals surface area (Å²) in [5.74, 6) is -0.556. The number of nitroso groups, excluding NO2 is 1. The summed E-state index contributed by atoms with van der Waals surface area (Å²) in [6, 6.07) is -0.661. The van der Waals surface area contributed by atoms with Crippen LogP contribution >= 0.6 is 0 Å². The molecule has 0 saturated carbocycles. The highest BCUT2D eigenvalue weighted by Crippen LogP contribution is 1.85. The summed E-state index contributed by atoms with van der Waals surface area (Å²) in [6.45, 7) is 0.0882. The van der Waals surface area contributed by atoms with E-state index >= 15 is 0 Å². The molecule has 0 aromatic heterocycles. The van der Waals surface area contributed by atoms with Crippen LogP contribution in [0.15, 0.2) is 5.29 Å². The lowest BCUT2D eigenvalue weighted by Gasteiger charge is -2.07. The zero-order valence-electron chi connectivity index (χ0n) is 7.73. The minimum atomic E-state index is -0.661. The summed E-state index contributed by atoms with van der Waals surface area (Å²) in [6.07, 6.45) is 0.